The molecule has 21 heavy (non-hydrogen) atoms. The van der Waals surface area contributed by atoms with E-state index in [0.717, 1.165) is 24.6 Å². The first kappa shape index (κ1) is 15.1. The van der Waals surface area contributed by atoms with Gasteiger partial charge in [-0.25, -0.2) is 0 Å². The van der Waals surface area contributed by atoms with E-state index in [0.29, 0.717) is 6.54 Å². The lowest BCUT2D eigenvalue weighted by Gasteiger charge is -2.11. The van der Waals surface area contributed by atoms with E-state index in [-0.39, 0.29) is 16.9 Å². The second-order valence-corrected chi connectivity index (χ2v) is 4.57. The molecule has 0 atom stereocenters. The third kappa shape index (κ3) is 3.07. The van der Waals surface area contributed by atoms with Gasteiger partial charge in [-0.1, -0.05) is 6.92 Å². The molecule has 0 radical (unpaired) electrons. The molecule has 0 saturated heterocycles. The summed E-state index contributed by atoms with van der Waals surface area (Å²) in [4.78, 5) is 12.4. The van der Waals surface area contributed by atoms with Crippen molar-refractivity contribution in [3.63, 3.8) is 0 Å². The number of benzene rings is 1. The second kappa shape index (κ2) is 5.59. The fourth-order valence-electron chi connectivity index (χ4n) is 1.98. The summed E-state index contributed by atoms with van der Waals surface area (Å²) in [6.07, 6.45) is -2.33. The smallest absolute Gasteiger partial charge is 0.398 e. The van der Waals surface area contributed by atoms with Crippen molar-refractivity contribution < 1.29 is 18.0 Å². The summed E-state index contributed by atoms with van der Waals surface area (Å²) in [6.45, 7) is 2.42. The number of hydrogen-bond donors (Lipinski definition) is 1. The van der Waals surface area contributed by atoms with Gasteiger partial charge < -0.3 is 5.73 Å². The maximum absolute atomic E-state index is 12.7. The number of nitrogens with zero attached hydrogens (tertiary/aromatic N) is 2. The van der Waals surface area contributed by atoms with Crippen LogP contribution in [0.15, 0.2) is 30.5 Å². The Kier molecular flexibility index (Phi) is 4.02. The van der Waals surface area contributed by atoms with Crippen LogP contribution in [0.1, 0.15) is 35.0 Å². The normalized spacial score (nSPS) is 11.6. The number of aromatic nitrogens is 2. The molecule has 2 aromatic rings. The van der Waals surface area contributed by atoms with Crippen molar-refractivity contribution in [2.75, 3.05) is 5.73 Å². The van der Waals surface area contributed by atoms with Gasteiger partial charge in [0.2, 0.25) is 5.78 Å². The van der Waals surface area contributed by atoms with Gasteiger partial charge in [-0.3, -0.25) is 9.48 Å². The number of alkyl halides is 3. The minimum atomic E-state index is -4.52. The number of halogens is 3. The monoisotopic (exact) mass is 297 g/mol. The van der Waals surface area contributed by atoms with Crippen LogP contribution in [-0.2, 0) is 12.7 Å². The van der Waals surface area contributed by atoms with Gasteiger partial charge >= 0.3 is 6.18 Å². The summed E-state index contributed by atoms with van der Waals surface area (Å²) in [6, 6.07) is 4.20. The SMILES string of the molecule is CCCn1nccc1C(=O)c1cc(C(F)(F)F)ccc1N. The Hall–Kier alpha value is -2.31. The summed E-state index contributed by atoms with van der Waals surface area (Å²) in [5.74, 6) is -0.565. The van der Waals surface area contributed by atoms with Crippen LogP contribution in [0.2, 0.25) is 0 Å². The van der Waals surface area contributed by atoms with Crippen LogP contribution in [0.5, 0.6) is 0 Å². The van der Waals surface area contributed by atoms with E-state index in [1.165, 1.54) is 16.9 Å². The lowest BCUT2D eigenvalue weighted by Crippen LogP contribution is -2.14. The molecule has 2 rings (SSSR count). The average molecular weight is 297 g/mol. The molecule has 0 aliphatic rings. The van der Waals surface area contributed by atoms with Crippen LogP contribution < -0.4 is 5.73 Å². The first-order valence-electron chi connectivity index (χ1n) is 6.37. The first-order chi connectivity index (χ1) is 9.84. The average Bonchev–Trinajstić information content (AvgIpc) is 2.86. The summed E-state index contributed by atoms with van der Waals surface area (Å²) in [7, 11) is 0. The van der Waals surface area contributed by atoms with Crippen molar-refractivity contribution in [2.45, 2.75) is 26.1 Å². The highest BCUT2D eigenvalue weighted by molar-refractivity contribution is 6.11. The topological polar surface area (TPSA) is 60.9 Å². The Balaban J connectivity index is 2.45. The summed E-state index contributed by atoms with van der Waals surface area (Å²) in [5, 5.41) is 3.99. The van der Waals surface area contributed by atoms with E-state index in [2.05, 4.69) is 5.10 Å². The van der Waals surface area contributed by atoms with Crippen molar-refractivity contribution in [1.29, 1.82) is 0 Å². The van der Waals surface area contributed by atoms with Gasteiger partial charge in [0.05, 0.1) is 5.56 Å². The number of rotatable bonds is 4. The Morgan fingerprint density at radius 3 is 2.67 bits per heavy atom. The number of nitrogen functional groups attached to an aromatic ring is 1. The maximum Gasteiger partial charge on any atom is 0.416 e. The molecule has 1 aromatic heterocycles. The first-order valence-corrected chi connectivity index (χ1v) is 6.37. The van der Waals surface area contributed by atoms with E-state index in [1.54, 1.807) is 0 Å². The van der Waals surface area contributed by atoms with Gasteiger partial charge in [0.25, 0.3) is 0 Å². The standard InChI is InChI=1S/C14H14F3N3O/c1-2-7-20-12(5-6-19-20)13(21)10-8-9(14(15,16)17)3-4-11(10)18/h3-6,8H,2,7,18H2,1H3. The number of carbonyl (C=O) groups excluding carboxylic acids is 1. The summed E-state index contributed by atoms with van der Waals surface area (Å²) in [5.41, 5.74) is 4.82. The highest BCUT2D eigenvalue weighted by Gasteiger charge is 2.32. The zero-order valence-electron chi connectivity index (χ0n) is 11.3. The fourth-order valence-corrected chi connectivity index (χ4v) is 1.98. The van der Waals surface area contributed by atoms with Crippen LogP contribution >= 0.6 is 0 Å². The van der Waals surface area contributed by atoms with Crippen LogP contribution in [0, 0.1) is 0 Å². The lowest BCUT2D eigenvalue weighted by atomic mass is 10.0. The minimum Gasteiger partial charge on any atom is -0.398 e. The number of ketones is 1. The molecule has 7 heteroatoms. The highest BCUT2D eigenvalue weighted by Crippen LogP contribution is 2.31. The van der Waals surface area contributed by atoms with Gasteiger partial charge in [0.1, 0.15) is 5.69 Å². The number of carbonyl (C=O) groups is 1. The zero-order valence-corrected chi connectivity index (χ0v) is 11.3. The molecule has 0 saturated carbocycles. The van der Waals surface area contributed by atoms with Crippen molar-refractivity contribution >= 4 is 11.5 Å². The molecular formula is C14H14F3N3O. The van der Waals surface area contributed by atoms with E-state index in [4.69, 9.17) is 5.73 Å². The van der Waals surface area contributed by atoms with Crippen LogP contribution in [-0.4, -0.2) is 15.6 Å². The molecule has 0 fully saturated rings. The van der Waals surface area contributed by atoms with E-state index in [1.807, 2.05) is 6.92 Å². The second-order valence-electron chi connectivity index (χ2n) is 4.57. The van der Waals surface area contributed by atoms with Gasteiger partial charge in [-0.05, 0) is 30.7 Å². The molecular weight excluding hydrogens is 283 g/mol. The Morgan fingerprint density at radius 1 is 1.33 bits per heavy atom. The third-order valence-corrected chi connectivity index (χ3v) is 3.01. The molecule has 2 N–H and O–H groups in total. The van der Waals surface area contributed by atoms with Gasteiger partial charge in [0, 0.05) is 24.0 Å². The Morgan fingerprint density at radius 2 is 2.05 bits per heavy atom. The molecule has 4 nitrogen and oxygen atoms in total. The number of anilines is 1. The van der Waals surface area contributed by atoms with Crippen molar-refractivity contribution in [3.8, 4) is 0 Å². The van der Waals surface area contributed by atoms with Crippen LogP contribution in [0.4, 0.5) is 18.9 Å². The van der Waals surface area contributed by atoms with Gasteiger partial charge in [0.15, 0.2) is 0 Å². The molecule has 1 heterocycles. The van der Waals surface area contributed by atoms with Gasteiger partial charge in [-0.15, -0.1) is 0 Å². The minimum absolute atomic E-state index is 0.0113. The molecule has 0 bridgehead atoms. The molecule has 0 unspecified atom stereocenters. The number of aryl methyl sites for hydroxylation is 1. The van der Waals surface area contributed by atoms with Crippen molar-refractivity contribution in [1.82, 2.24) is 9.78 Å². The third-order valence-electron chi connectivity index (χ3n) is 3.01. The van der Waals surface area contributed by atoms with Crippen molar-refractivity contribution in [2.24, 2.45) is 0 Å². The van der Waals surface area contributed by atoms with Crippen LogP contribution in [0.3, 0.4) is 0 Å². The fraction of sp³-hybridized carbons (Fsp3) is 0.286. The van der Waals surface area contributed by atoms with Crippen molar-refractivity contribution in [3.05, 3.63) is 47.3 Å². The molecule has 1 aromatic carbocycles. The van der Waals surface area contributed by atoms with E-state index in [9.17, 15) is 18.0 Å². The largest absolute Gasteiger partial charge is 0.416 e. The van der Waals surface area contributed by atoms with E-state index < -0.39 is 17.5 Å². The number of nitrogens with two attached hydrogens (primary N) is 1. The predicted octanol–water partition coefficient (Wildman–Crippen LogP) is 3.13. The van der Waals surface area contributed by atoms with E-state index >= 15 is 0 Å². The lowest BCUT2D eigenvalue weighted by molar-refractivity contribution is -0.137. The predicted molar refractivity (Wildman–Crippen MR) is 71.8 cm³/mol. The Bertz CT molecular complexity index is 662. The summed E-state index contributed by atoms with van der Waals surface area (Å²) >= 11 is 0. The summed E-state index contributed by atoms with van der Waals surface area (Å²) < 4.78 is 39.7. The molecule has 112 valence electrons. The Labute approximate surface area is 119 Å². The van der Waals surface area contributed by atoms with Crippen LogP contribution in [0.25, 0.3) is 0 Å². The quantitative estimate of drug-likeness (QED) is 0.696. The number of hydrogen-bond acceptors (Lipinski definition) is 3. The molecule has 0 amide bonds. The highest BCUT2D eigenvalue weighted by atomic mass is 19.4. The zero-order chi connectivity index (χ0) is 15.6. The molecule has 0 spiro atoms. The molecule has 0 aliphatic carbocycles. The van der Waals surface area contributed by atoms with Gasteiger partial charge in [-0.2, -0.15) is 18.3 Å². The molecule has 0 aliphatic heterocycles. The maximum atomic E-state index is 12.7.